The molecular formula is C13H11IN2. The maximum absolute atomic E-state index is 4.64. The lowest BCUT2D eigenvalue weighted by Gasteiger charge is -1.97. The number of aromatic nitrogens is 2. The molecule has 0 atom stereocenters. The Bertz CT molecular complexity index is 650. The van der Waals surface area contributed by atoms with Crippen LogP contribution in [0.4, 0.5) is 0 Å². The van der Waals surface area contributed by atoms with Crippen LogP contribution >= 0.6 is 0 Å². The van der Waals surface area contributed by atoms with E-state index in [0.29, 0.717) is 0 Å². The number of para-hydroxylation sites is 1. The van der Waals surface area contributed by atoms with Gasteiger partial charge in [-0.05, 0) is 29.2 Å². The monoisotopic (exact) mass is 322 g/mol. The van der Waals surface area contributed by atoms with Gasteiger partial charge in [-0.1, -0.05) is 18.2 Å². The van der Waals surface area contributed by atoms with Gasteiger partial charge in [-0.3, -0.25) is 0 Å². The van der Waals surface area contributed by atoms with Gasteiger partial charge >= 0.3 is 5.65 Å². The summed E-state index contributed by atoms with van der Waals surface area (Å²) >= 11 is 0. The fraction of sp³-hybridized carbons (Fsp3) is 0.0769. The predicted molar refractivity (Wildman–Crippen MR) is 60.4 cm³/mol. The predicted octanol–water partition coefficient (Wildman–Crippen LogP) is -0.784. The zero-order chi connectivity index (χ0) is 10.3. The molecule has 0 saturated carbocycles. The molecule has 0 aliphatic rings. The summed E-state index contributed by atoms with van der Waals surface area (Å²) in [5, 5.41) is 2.37. The Labute approximate surface area is 111 Å². The summed E-state index contributed by atoms with van der Waals surface area (Å²) in [4.78, 5) is 4.64. The molecule has 0 aliphatic carbocycles. The maximum Gasteiger partial charge on any atom is 0.330 e. The third-order valence-corrected chi connectivity index (χ3v) is 2.65. The highest BCUT2D eigenvalue weighted by Crippen LogP contribution is 2.16. The number of rotatable bonds is 0. The van der Waals surface area contributed by atoms with E-state index in [9.17, 15) is 0 Å². The molecule has 1 aromatic carbocycles. The molecule has 0 spiro atoms. The van der Waals surface area contributed by atoms with Crippen LogP contribution in [0.3, 0.4) is 0 Å². The molecule has 2 aromatic heterocycles. The van der Waals surface area contributed by atoms with E-state index >= 15 is 0 Å². The van der Waals surface area contributed by atoms with E-state index < -0.39 is 0 Å². The Morgan fingerprint density at radius 3 is 2.62 bits per heavy atom. The molecule has 2 nitrogen and oxygen atoms in total. The molecular weight excluding hydrogens is 311 g/mol. The van der Waals surface area contributed by atoms with Gasteiger partial charge in [-0.15, -0.1) is 0 Å². The second-order valence-electron chi connectivity index (χ2n) is 3.71. The van der Waals surface area contributed by atoms with Gasteiger partial charge in [0.25, 0.3) is 0 Å². The summed E-state index contributed by atoms with van der Waals surface area (Å²) in [6, 6.07) is 14.5. The summed E-state index contributed by atoms with van der Waals surface area (Å²) in [6.45, 7) is 0. The molecule has 0 N–H and O–H groups in total. The van der Waals surface area contributed by atoms with Crippen molar-refractivity contribution in [2.75, 3.05) is 0 Å². The number of hydrogen-bond acceptors (Lipinski definition) is 1. The fourth-order valence-electron chi connectivity index (χ4n) is 1.87. The van der Waals surface area contributed by atoms with Crippen LogP contribution in [0, 0.1) is 0 Å². The fourth-order valence-corrected chi connectivity index (χ4v) is 1.87. The molecule has 0 unspecified atom stereocenters. The first kappa shape index (κ1) is 11.3. The molecule has 2 heterocycles. The molecule has 0 bridgehead atoms. The van der Waals surface area contributed by atoms with Crippen molar-refractivity contribution in [3.63, 3.8) is 0 Å². The van der Waals surface area contributed by atoms with Crippen LogP contribution < -0.4 is 28.5 Å². The van der Waals surface area contributed by atoms with Gasteiger partial charge < -0.3 is 24.0 Å². The summed E-state index contributed by atoms with van der Waals surface area (Å²) in [6.07, 6.45) is 2.02. The van der Waals surface area contributed by atoms with Gasteiger partial charge in [0.05, 0.1) is 18.6 Å². The number of hydrogen-bond donors (Lipinski definition) is 0. The highest BCUT2D eigenvalue weighted by Gasteiger charge is 2.08. The van der Waals surface area contributed by atoms with Gasteiger partial charge in [0.1, 0.15) is 0 Å². The molecule has 3 rings (SSSR count). The average molecular weight is 322 g/mol. The third-order valence-electron chi connectivity index (χ3n) is 2.65. The Balaban J connectivity index is 0.000000963. The molecule has 0 amide bonds. The number of benzene rings is 1. The maximum atomic E-state index is 4.64. The van der Waals surface area contributed by atoms with Crippen molar-refractivity contribution in [3.05, 3.63) is 48.7 Å². The Morgan fingerprint density at radius 1 is 1.00 bits per heavy atom. The van der Waals surface area contributed by atoms with Crippen LogP contribution in [0.15, 0.2) is 48.7 Å². The minimum Gasteiger partial charge on any atom is -1.00 e. The lowest BCUT2D eigenvalue weighted by Crippen LogP contribution is -3.00. The van der Waals surface area contributed by atoms with Crippen LogP contribution in [-0.4, -0.2) is 4.98 Å². The number of nitrogens with zero attached hydrogens (tertiary/aromatic N) is 2. The van der Waals surface area contributed by atoms with Crippen molar-refractivity contribution in [3.8, 4) is 0 Å². The van der Waals surface area contributed by atoms with Crippen LogP contribution in [0.25, 0.3) is 21.9 Å². The van der Waals surface area contributed by atoms with Gasteiger partial charge in [-0.25, -0.2) is 4.57 Å². The third kappa shape index (κ3) is 1.75. The Kier molecular flexibility index (Phi) is 3.05. The molecule has 0 aliphatic heterocycles. The smallest absolute Gasteiger partial charge is 0.330 e. The number of aryl methyl sites for hydroxylation is 1. The Morgan fingerprint density at radius 2 is 1.75 bits per heavy atom. The van der Waals surface area contributed by atoms with Crippen molar-refractivity contribution in [1.82, 2.24) is 4.98 Å². The molecule has 3 heteroatoms. The topological polar surface area (TPSA) is 16.8 Å². The van der Waals surface area contributed by atoms with Crippen molar-refractivity contribution in [2.24, 2.45) is 7.05 Å². The van der Waals surface area contributed by atoms with Crippen molar-refractivity contribution in [1.29, 1.82) is 0 Å². The molecule has 16 heavy (non-hydrogen) atoms. The number of halogens is 1. The van der Waals surface area contributed by atoms with Gasteiger partial charge in [0, 0.05) is 5.39 Å². The summed E-state index contributed by atoms with van der Waals surface area (Å²) < 4.78 is 2.04. The van der Waals surface area contributed by atoms with E-state index in [1.165, 1.54) is 10.8 Å². The molecule has 80 valence electrons. The highest BCUT2D eigenvalue weighted by molar-refractivity contribution is 5.89. The second-order valence-corrected chi connectivity index (χ2v) is 3.71. The second kappa shape index (κ2) is 4.33. The van der Waals surface area contributed by atoms with E-state index in [4.69, 9.17) is 0 Å². The zero-order valence-electron chi connectivity index (χ0n) is 8.89. The molecule has 3 aromatic rings. The molecule has 0 fully saturated rings. The Hall–Kier alpha value is -1.23. The largest absolute Gasteiger partial charge is 1.00 e. The van der Waals surface area contributed by atoms with Crippen molar-refractivity contribution in [2.45, 2.75) is 0 Å². The lowest BCUT2D eigenvalue weighted by molar-refractivity contribution is -0.646. The average Bonchev–Trinajstić information content (AvgIpc) is 2.27. The highest BCUT2D eigenvalue weighted by atomic mass is 127. The lowest BCUT2D eigenvalue weighted by atomic mass is 10.2. The summed E-state index contributed by atoms with van der Waals surface area (Å²) in [5.74, 6) is 0. The van der Waals surface area contributed by atoms with Crippen LogP contribution in [-0.2, 0) is 7.05 Å². The van der Waals surface area contributed by atoms with Crippen molar-refractivity contribution >= 4 is 21.9 Å². The van der Waals surface area contributed by atoms with E-state index in [2.05, 4.69) is 23.2 Å². The van der Waals surface area contributed by atoms with Crippen molar-refractivity contribution < 1.29 is 28.5 Å². The first-order valence-electron chi connectivity index (χ1n) is 4.99. The summed E-state index contributed by atoms with van der Waals surface area (Å²) in [7, 11) is 2.02. The molecule has 0 radical (unpaired) electrons. The van der Waals surface area contributed by atoms with E-state index in [-0.39, 0.29) is 24.0 Å². The van der Waals surface area contributed by atoms with E-state index in [1.54, 1.807) is 0 Å². The standard InChI is InChI=1S/C13H11N2.HI/c1-15-8-4-6-11-9-10-5-2-3-7-12(10)14-13(11)15;/h2-9H,1H3;1H/q+1;/p-1. The SMILES string of the molecule is C[n+]1cccc2cc3ccccc3nc21.[I-]. The quantitative estimate of drug-likeness (QED) is 0.301. The normalized spacial score (nSPS) is 10.3. The van der Waals surface area contributed by atoms with Gasteiger partial charge in [0.15, 0.2) is 5.52 Å². The minimum absolute atomic E-state index is 0. The minimum atomic E-state index is 0. The number of fused-ring (bicyclic) bond motifs is 2. The zero-order valence-corrected chi connectivity index (χ0v) is 11.0. The molecule has 0 saturated heterocycles. The van der Waals surface area contributed by atoms with Crippen LogP contribution in [0.2, 0.25) is 0 Å². The first-order chi connectivity index (χ1) is 7.34. The van der Waals surface area contributed by atoms with Gasteiger partial charge in [-0.2, -0.15) is 0 Å². The first-order valence-corrected chi connectivity index (χ1v) is 4.99. The number of pyridine rings is 2. The van der Waals surface area contributed by atoms with Crippen LogP contribution in [0.1, 0.15) is 0 Å². The van der Waals surface area contributed by atoms with Crippen LogP contribution in [0.5, 0.6) is 0 Å². The van der Waals surface area contributed by atoms with E-state index in [1.807, 2.05) is 42.1 Å². The van der Waals surface area contributed by atoms with Gasteiger partial charge in [0.2, 0.25) is 0 Å². The summed E-state index contributed by atoms with van der Waals surface area (Å²) in [5.41, 5.74) is 2.07. The van der Waals surface area contributed by atoms with E-state index in [0.717, 1.165) is 11.2 Å².